The van der Waals surface area contributed by atoms with Gasteiger partial charge in [-0.05, 0) is 24.0 Å². The molecule has 0 aliphatic heterocycles. The zero-order chi connectivity index (χ0) is 26.4. The SMILES string of the molecule is CC1(BCc2ccc(OC(F)(F)F)cc2)CCCCCC(C2CCCCCCCCCCC2)CCCC1. The summed E-state index contributed by atoms with van der Waals surface area (Å²) >= 11 is 0. The second kappa shape index (κ2) is 16.1. The Balaban J connectivity index is 1.49. The summed E-state index contributed by atoms with van der Waals surface area (Å²) in [6.07, 6.45) is 24.4. The highest BCUT2D eigenvalue weighted by molar-refractivity contribution is 6.39. The normalized spacial score (nSPS) is 26.8. The van der Waals surface area contributed by atoms with Gasteiger partial charge in [-0.15, -0.1) is 13.2 Å². The summed E-state index contributed by atoms with van der Waals surface area (Å²) < 4.78 is 41.4. The van der Waals surface area contributed by atoms with E-state index in [0.29, 0.717) is 5.31 Å². The first kappa shape index (κ1) is 30.4. The molecular weight excluding hydrogens is 468 g/mol. The number of halogens is 3. The van der Waals surface area contributed by atoms with E-state index in [-0.39, 0.29) is 5.75 Å². The maximum Gasteiger partial charge on any atom is 0.573 e. The fourth-order valence-corrected chi connectivity index (χ4v) is 7.05. The predicted octanol–water partition coefficient (Wildman–Crippen LogP) is 10.8. The Kier molecular flexibility index (Phi) is 13.2. The van der Waals surface area contributed by atoms with Gasteiger partial charge in [-0.2, -0.15) is 0 Å². The molecule has 0 bridgehead atoms. The summed E-state index contributed by atoms with van der Waals surface area (Å²) in [5.74, 6) is 1.76. The van der Waals surface area contributed by atoms with Crippen LogP contribution < -0.4 is 4.74 Å². The van der Waals surface area contributed by atoms with Crippen LogP contribution in [0.3, 0.4) is 0 Å². The van der Waals surface area contributed by atoms with Gasteiger partial charge in [0.05, 0.1) is 0 Å². The first-order valence-corrected chi connectivity index (χ1v) is 15.7. The zero-order valence-electron chi connectivity index (χ0n) is 23.6. The quantitative estimate of drug-likeness (QED) is 0.351. The molecule has 0 saturated heterocycles. The van der Waals surface area contributed by atoms with Gasteiger partial charge < -0.3 is 4.74 Å². The van der Waals surface area contributed by atoms with E-state index in [1.807, 2.05) is 0 Å². The molecule has 2 aliphatic carbocycles. The number of hydrogen-bond acceptors (Lipinski definition) is 1. The van der Waals surface area contributed by atoms with E-state index in [2.05, 4.69) is 11.7 Å². The third-order valence-corrected chi connectivity index (χ3v) is 9.45. The standard InChI is InChI=1S/C32H52BF3O/c1-31(33-26-27-20-22-30(23-21-27)37-32(34,35)36)24-14-9-12-18-29(19-13-15-25-31)28-16-10-7-5-3-2-4-6-8-11-17-28/h20-23,28-29,33H,2-19,24-26H2,1H3. The molecule has 2 atom stereocenters. The molecule has 2 saturated carbocycles. The molecule has 0 N–H and O–H groups in total. The first-order valence-electron chi connectivity index (χ1n) is 15.7. The minimum absolute atomic E-state index is 0.131. The molecule has 2 fully saturated rings. The van der Waals surface area contributed by atoms with Crippen LogP contribution in [0.5, 0.6) is 5.75 Å². The molecule has 37 heavy (non-hydrogen) atoms. The molecule has 1 aromatic rings. The summed E-state index contributed by atoms with van der Waals surface area (Å²) in [5, 5.41) is 0.328. The number of alkyl halides is 3. The van der Waals surface area contributed by atoms with Gasteiger partial charge in [-0.3, -0.25) is 0 Å². The summed E-state index contributed by atoms with van der Waals surface area (Å²) in [6, 6.07) is 6.49. The van der Waals surface area contributed by atoms with Gasteiger partial charge in [0.1, 0.15) is 13.0 Å². The van der Waals surface area contributed by atoms with E-state index >= 15 is 0 Å². The van der Waals surface area contributed by atoms with E-state index in [1.54, 1.807) is 12.1 Å². The molecule has 1 aromatic carbocycles. The van der Waals surface area contributed by atoms with Crippen molar-refractivity contribution in [2.75, 3.05) is 0 Å². The van der Waals surface area contributed by atoms with Crippen LogP contribution in [0.4, 0.5) is 13.2 Å². The van der Waals surface area contributed by atoms with Gasteiger partial charge in [-0.25, -0.2) is 0 Å². The van der Waals surface area contributed by atoms with Crippen molar-refractivity contribution >= 4 is 7.28 Å². The van der Waals surface area contributed by atoms with E-state index < -0.39 is 6.36 Å². The van der Waals surface area contributed by atoms with Crippen LogP contribution in [0.1, 0.15) is 141 Å². The van der Waals surface area contributed by atoms with Crippen molar-refractivity contribution in [1.29, 1.82) is 0 Å². The molecule has 2 aliphatic rings. The van der Waals surface area contributed by atoms with E-state index in [0.717, 1.165) is 31.0 Å². The van der Waals surface area contributed by atoms with Gasteiger partial charge in [0, 0.05) is 0 Å². The average Bonchev–Trinajstić information content (AvgIpc) is 2.88. The van der Waals surface area contributed by atoms with Crippen molar-refractivity contribution in [3.8, 4) is 5.75 Å². The Labute approximate surface area is 226 Å². The molecule has 0 spiro atoms. The van der Waals surface area contributed by atoms with Gasteiger partial charge in [-0.1, -0.05) is 165 Å². The third-order valence-electron chi connectivity index (χ3n) is 9.45. The fourth-order valence-electron chi connectivity index (χ4n) is 7.05. The lowest BCUT2D eigenvalue weighted by atomic mass is 9.47. The minimum atomic E-state index is -4.63. The van der Waals surface area contributed by atoms with Crippen molar-refractivity contribution in [3.63, 3.8) is 0 Å². The van der Waals surface area contributed by atoms with Crippen LogP contribution in [-0.2, 0) is 6.32 Å². The molecule has 210 valence electrons. The third kappa shape index (κ3) is 12.5. The lowest BCUT2D eigenvalue weighted by molar-refractivity contribution is -0.274. The van der Waals surface area contributed by atoms with Crippen LogP contribution in [0.25, 0.3) is 0 Å². The lowest BCUT2D eigenvalue weighted by Crippen LogP contribution is -2.20. The Morgan fingerprint density at radius 1 is 0.676 bits per heavy atom. The first-order chi connectivity index (χ1) is 17.8. The highest BCUT2D eigenvalue weighted by Gasteiger charge is 2.31. The van der Waals surface area contributed by atoms with Crippen LogP contribution in [-0.4, -0.2) is 13.6 Å². The predicted molar refractivity (Wildman–Crippen MR) is 152 cm³/mol. The molecule has 5 heteroatoms. The molecule has 3 rings (SSSR count). The van der Waals surface area contributed by atoms with Crippen LogP contribution in [0.2, 0.25) is 5.31 Å². The maximum absolute atomic E-state index is 12.4. The zero-order valence-corrected chi connectivity index (χ0v) is 23.6. The highest BCUT2D eigenvalue weighted by atomic mass is 19.4. The Hall–Kier alpha value is -1.13. The van der Waals surface area contributed by atoms with Gasteiger partial charge in [0.25, 0.3) is 0 Å². The lowest BCUT2D eigenvalue weighted by Gasteiger charge is -2.30. The Bertz CT molecular complexity index is 723. The molecule has 0 amide bonds. The van der Waals surface area contributed by atoms with Crippen LogP contribution in [0, 0.1) is 11.8 Å². The van der Waals surface area contributed by atoms with Crippen molar-refractivity contribution < 1.29 is 17.9 Å². The van der Waals surface area contributed by atoms with Crippen molar-refractivity contribution in [3.05, 3.63) is 29.8 Å². The number of hydrogen-bond donors (Lipinski definition) is 0. The number of ether oxygens (including phenoxy) is 1. The molecule has 0 aromatic heterocycles. The topological polar surface area (TPSA) is 9.23 Å². The van der Waals surface area contributed by atoms with E-state index in [4.69, 9.17) is 0 Å². The second-order valence-electron chi connectivity index (χ2n) is 12.6. The summed E-state index contributed by atoms with van der Waals surface area (Å²) in [7, 11) is 1.11. The molecule has 1 nitrogen and oxygen atoms in total. The second-order valence-corrected chi connectivity index (χ2v) is 12.6. The highest BCUT2D eigenvalue weighted by Crippen LogP contribution is 2.41. The van der Waals surface area contributed by atoms with Gasteiger partial charge in [0.2, 0.25) is 0 Å². The van der Waals surface area contributed by atoms with E-state index in [9.17, 15) is 13.2 Å². The number of benzene rings is 1. The minimum Gasteiger partial charge on any atom is -0.406 e. The summed E-state index contributed by atoms with van der Waals surface area (Å²) in [4.78, 5) is 0. The molecular formula is C32H52BF3O. The van der Waals surface area contributed by atoms with Gasteiger partial charge in [0.15, 0.2) is 0 Å². The Morgan fingerprint density at radius 2 is 1.08 bits per heavy atom. The van der Waals surface area contributed by atoms with Crippen molar-refractivity contribution in [2.24, 2.45) is 11.8 Å². The fraction of sp³-hybridized carbons (Fsp3) is 0.812. The maximum atomic E-state index is 12.4. The summed E-state index contributed by atoms with van der Waals surface area (Å²) in [6.45, 7) is 2.45. The summed E-state index contributed by atoms with van der Waals surface area (Å²) in [5.41, 5.74) is 1.10. The van der Waals surface area contributed by atoms with Crippen LogP contribution in [0.15, 0.2) is 24.3 Å². The number of rotatable bonds is 5. The average molecular weight is 521 g/mol. The largest absolute Gasteiger partial charge is 0.573 e. The molecule has 0 heterocycles. The van der Waals surface area contributed by atoms with Crippen molar-refractivity contribution in [2.45, 2.75) is 153 Å². The smallest absolute Gasteiger partial charge is 0.406 e. The Morgan fingerprint density at radius 3 is 1.57 bits per heavy atom. The molecule has 0 radical (unpaired) electrons. The van der Waals surface area contributed by atoms with Gasteiger partial charge >= 0.3 is 6.36 Å². The monoisotopic (exact) mass is 520 g/mol. The molecule has 2 unspecified atom stereocenters. The van der Waals surface area contributed by atoms with E-state index in [1.165, 1.54) is 141 Å². The van der Waals surface area contributed by atoms with Crippen molar-refractivity contribution in [1.82, 2.24) is 0 Å². The van der Waals surface area contributed by atoms with Crippen LogP contribution >= 0.6 is 0 Å².